The predicted octanol–water partition coefficient (Wildman–Crippen LogP) is 1.18. The molecule has 0 aliphatic rings. The van der Waals surface area contributed by atoms with Crippen LogP contribution >= 0.6 is 11.6 Å². The van der Waals surface area contributed by atoms with Crippen LogP contribution in [0.15, 0.2) is 12.1 Å². The Morgan fingerprint density at radius 2 is 1.64 bits per heavy atom. The quantitative estimate of drug-likeness (QED) is 0.520. The lowest BCUT2D eigenvalue weighted by Gasteiger charge is -2.08. The highest BCUT2D eigenvalue weighted by Gasteiger charge is 2.09. The average Bonchev–Trinajstić information content (AvgIpc) is 2.18. The Morgan fingerprint density at radius 1 is 1.14 bits per heavy atom. The van der Waals surface area contributed by atoms with Gasteiger partial charge in [-0.05, 0) is 12.1 Å². The van der Waals surface area contributed by atoms with Crippen molar-refractivity contribution in [3.05, 3.63) is 17.2 Å². The topological polar surface area (TPSA) is 78.4 Å². The van der Waals surface area contributed by atoms with Crippen molar-refractivity contribution < 1.29 is 14.7 Å². The number of phenolic OH excluding ortho intramolecular Hbond substituents is 1. The van der Waals surface area contributed by atoms with Crippen molar-refractivity contribution in [2.45, 2.75) is 0 Å². The number of phenols is 1. The molecule has 3 N–H and O–H groups in total. The molecule has 0 unspecified atom stereocenters. The molecule has 2 amide bonds. The molecule has 0 aliphatic carbocycles. The van der Waals surface area contributed by atoms with Gasteiger partial charge in [0, 0.05) is 0 Å². The van der Waals surface area contributed by atoms with Crippen molar-refractivity contribution in [1.29, 1.82) is 0 Å². The van der Waals surface area contributed by atoms with E-state index in [1.54, 1.807) is 0 Å². The number of carbonyl (C=O) groups is 2. The number of amides is 2. The van der Waals surface area contributed by atoms with E-state index in [-0.39, 0.29) is 22.1 Å². The van der Waals surface area contributed by atoms with Crippen LogP contribution in [-0.2, 0) is 9.59 Å². The molecule has 5 nitrogen and oxygen atoms in total. The van der Waals surface area contributed by atoms with Gasteiger partial charge >= 0.3 is 0 Å². The molecule has 1 aromatic carbocycles. The monoisotopic (exact) mass is 214 g/mol. The van der Waals surface area contributed by atoms with Crippen LogP contribution in [-0.4, -0.2) is 17.9 Å². The third kappa shape index (κ3) is 1.94. The number of rotatable bonds is 4. The summed E-state index contributed by atoms with van der Waals surface area (Å²) in [4.78, 5) is 20.2. The molecule has 14 heavy (non-hydrogen) atoms. The van der Waals surface area contributed by atoms with Crippen molar-refractivity contribution in [1.82, 2.24) is 0 Å². The summed E-state index contributed by atoms with van der Waals surface area (Å²) < 4.78 is 0. The highest BCUT2D eigenvalue weighted by molar-refractivity contribution is 6.35. The SMILES string of the molecule is O=CNc1ccc(NC=O)c(Cl)c1O. The van der Waals surface area contributed by atoms with Gasteiger partial charge in [0.15, 0.2) is 5.75 Å². The molecular formula is C8H7ClN2O3. The number of aromatic hydroxyl groups is 1. The molecular weight excluding hydrogens is 208 g/mol. The molecule has 0 atom stereocenters. The van der Waals surface area contributed by atoms with E-state index in [4.69, 9.17) is 11.6 Å². The fourth-order valence-electron chi connectivity index (χ4n) is 0.919. The molecule has 0 radical (unpaired) electrons. The molecule has 0 aromatic heterocycles. The second-order valence-electron chi connectivity index (χ2n) is 2.35. The zero-order valence-electron chi connectivity index (χ0n) is 6.95. The summed E-state index contributed by atoms with van der Waals surface area (Å²) in [6.07, 6.45) is 0.853. The summed E-state index contributed by atoms with van der Waals surface area (Å²) in [5, 5.41) is 14.0. The van der Waals surface area contributed by atoms with Gasteiger partial charge in [-0.25, -0.2) is 0 Å². The molecule has 74 valence electrons. The summed E-state index contributed by atoms with van der Waals surface area (Å²) in [6, 6.07) is 2.88. The van der Waals surface area contributed by atoms with Crippen LogP contribution in [0, 0.1) is 0 Å². The molecule has 0 saturated heterocycles. The van der Waals surface area contributed by atoms with Gasteiger partial charge in [0.1, 0.15) is 5.02 Å². The first-order valence-electron chi connectivity index (χ1n) is 3.62. The van der Waals surface area contributed by atoms with Gasteiger partial charge in [-0.2, -0.15) is 0 Å². The van der Waals surface area contributed by atoms with Crippen LogP contribution in [0.5, 0.6) is 5.75 Å². The van der Waals surface area contributed by atoms with Crippen molar-refractivity contribution >= 4 is 35.8 Å². The van der Waals surface area contributed by atoms with E-state index >= 15 is 0 Å². The zero-order chi connectivity index (χ0) is 10.6. The Kier molecular flexibility index (Phi) is 3.30. The Balaban J connectivity index is 3.11. The summed E-state index contributed by atoms with van der Waals surface area (Å²) in [7, 11) is 0. The highest BCUT2D eigenvalue weighted by atomic mass is 35.5. The standard InChI is InChI=1S/C8H7ClN2O3/c9-7-5(10-3-12)1-2-6(8(7)14)11-4-13/h1-4,14H,(H,10,12)(H,11,13). The van der Waals surface area contributed by atoms with E-state index in [2.05, 4.69) is 10.6 Å². The lowest BCUT2D eigenvalue weighted by atomic mass is 10.2. The molecule has 0 bridgehead atoms. The van der Waals surface area contributed by atoms with E-state index in [0.29, 0.717) is 12.8 Å². The summed E-state index contributed by atoms with van der Waals surface area (Å²) in [6.45, 7) is 0. The van der Waals surface area contributed by atoms with Gasteiger partial charge in [0.25, 0.3) is 0 Å². The van der Waals surface area contributed by atoms with Gasteiger partial charge in [0.2, 0.25) is 12.8 Å². The normalized spacial score (nSPS) is 9.21. The third-order valence-corrected chi connectivity index (χ3v) is 1.93. The molecule has 0 fully saturated rings. The first-order valence-corrected chi connectivity index (χ1v) is 4.00. The number of carbonyl (C=O) groups excluding carboxylic acids is 2. The van der Waals surface area contributed by atoms with Crippen LogP contribution in [0.3, 0.4) is 0 Å². The zero-order valence-corrected chi connectivity index (χ0v) is 7.71. The van der Waals surface area contributed by atoms with Crippen LogP contribution < -0.4 is 10.6 Å². The van der Waals surface area contributed by atoms with Crippen LogP contribution in [0.25, 0.3) is 0 Å². The minimum Gasteiger partial charge on any atom is -0.504 e. The number of hydrogen-bond donors (Lipinski definition) is 3. The van der Waals surface area contributed by atoms with Crippen LogP contribution in [0.2, 0.25) is 5.02 Å². The molecule has 0 spiro atoms. The Labute approximate surface area is 84.7 Å². The second kappa shape index (κ2) is 4.48. The molecule has 0 aliphatic heterocycles. The van der Waals surface area contributed by atoms with Gasteiger partial charge in [-0.1, -0.05) is 11.6 Å². The summed E-state index contributed by atoms with van der Waals surface area (Å²) >= 11 is 5.69. The Hall–Kier alpha value is -1.75. The largest absolute Gasteiger partial charge is 0.504 e. The first kappa shape index (κ1) is 10.3. The average molecular weight is 215 g/mol. The van der Waals surface area contributed by atoms with Crippen molar-refractivity contribution in [3.63, 3.8) is 0 Å². The molecule has 6 heteroatoms. The maximum absolute atomic E-state index is 10.1. The first-order chi connectivity index (χ1) is 6.70. The van der Waals surface area contributed by atoms with Crippen molar-refractivity contribution in [3.8, 4) is 5.75 Å². The van der Waals surface area contributed by atoms with Crippen molar-refractivity contribution in [2.24, 2.45) is 0 Å². The predicted molar refractivity (Wildman–Crippen MR) is 52.5 cm³/mol. The lowest BCUT2D eigenvalue weighted by molar-refractivity contribution is -0.106. The van der Waals surface area contributed by atoms with Crippen LogP contribution in [0.1, 0.15) is 0 Å². The molecule has 0 saturated carbocycles. The maximum atomic E-state index is 10.1. The fraction of sp³-hybridized carbons (Fsp3) is 0. The second-order valence-corrected chi connectivity index (χ2v) is 2.73. The number of benzene rings is 1. The highest BCUT2D eigenvalue weighted by Crippen LogP contribution is 2.37. The van der Waals surface area contributed by atoms with Crippen LogP contribution in [0.4, 0.5) is 11.4 Å². The number of hydrogen-bond acceptors (Lipinski definition) is 3. The number of halogens is 1. The van der Waals surface area contributed by atoms with Gasteiger partial charge in [-0.3, -0.25) is 9.59 Å². The van der Waals surface area contributed by atoms with E-state index < -0.39 is 0 Å². The smallest absolute Gasteiger partial charge is 0.211 e. The summed E-state index contributed by atoms with van der Waals surface area (Å²) in [5.74, 6) is -0.286. The lowest BCUT2D eigenvalue weighted by Crippen LogP contribution is -1.98. The van der Waals surface area contributed by atoms with Gasteiger partial charge < -0.3 is 15.7 Å². The number of anilines is 2. The fourth-order valence-corrected chi connectivity index (χ4v) is 1.14. The van der Waals surface area contributed by atoms with Crippen molar-refractivity contribution in [2.75, 3.05) is 10.6 Å². The third-order valence-electron chi connectivity index (χ3n) is 1.55. The van der Waals surface area contributed by atoms with E-state index in [0.717, 1.165) is 0 Å². The maximum Gasteiger partial charge on any atom is 0.211 e. The Morgan fingerprint density at radius 3 is 2.21 bits per heavy atom. The van der Waals surface area contributed by atoms with E-state index in [9.17, 15) is 14.7 Å². The molecule has 1 aromatic rings. The number of nitrogens with one attached hydrogen (secondary N) is 2. The van der Waals surface area contributed by atoms with E-state index in [1.807, 2.05) is 0 Å². The minimum atomic E-state index is -0.286. The minimum absolute atomic E-state index is 0.0241. The Bertz CT molecular complexity index is 333. The molecule has 0 heterocycles. The summed E-state index contributed by atoms with van der Waals surface area (Å²) in [5.41, 5.74) is 0.456. The van der Waals surface area contributed by atoms with Gasteiger partial charge in [0.05, 0.1) is 11.4 Å². The van der Waals surface area contributed by atoms with E-state index in [1.165, 1.54) is 12.1 Å². The van der Waals surface area contributed by atoms with Gasteiger partial charge in [-0.15, -0.1) is 0 Å². The molecule has 1 rings (SSSR count).